The molecule has 0 bridgehead atoms. The Balaban J connectivity index is 1.93. The number of H-pyrrole nitrogens is 1. The first kappa shape index (κ1) is 16.0. The average Bonchev–Trinajstić information content (AvgIpc) is 2.60. The highest BCUT2D eigenvalue weighted by Crippen LogP contribution is 2.20. The maximum absolute atomic E-state index is 12.8. The second-order valence-electron chi connectivity index (χ2n) is 5.15. The van der Waals surface area contributed by atoms with Crippen molar-refractivity contribution in [3.05, 3.63) is 58.5 Å². The molecule has 0 unspecified atom stereocenters. The normalized spacial score (nSPS) is 11.2. The molecule has 0 aliphatic carbocycles. The van der Waals surface area contributed by atoms with Crippen molar-refractivity contribution in [3.8, 4) is 0 Å². The summed E-state index contributed by atoms with van der Waals surface area (Å²) >= 11 is 0. The Bertz CT molecular complexity index is 912. The van der Waals surface area contributed by atoms with Crippen molar-refractivity contribution in [3.63, 3.8) is 0 Å². The topological polar surface area (TPSA) is 74.8 Å². The number of alkyl halides is 2. The van der Waals surface area contributed by atoms with E-state index in [2.05, 4.69) is 19.9 Å². The lowest BCUT2D eigenvalue weighted by Crippen LogP contribution is -2.26. The maximum Gasteiger partial charge on any atom is 0.280 e. The molecule has 1 aromatic carbocycles. The second-order valence-corrected chi connectivity index (χ2v) is 5.15. The summed E-state index contributed by atoms with van der Waals surface area (Å²) in [6.45, 7) is 2.62. The van der Waals surface area contributed by atoms with Gasteiger partial charge in [0.25, 0.3) is 12.0 Å². The van der Waals surface area contributed by atoms with E-state index >= 15 is 0 Å². The van der Waals surface area contributed by atoms with Crippen molar-refractivity contribution in [2.24, 2.45) is 0 Å². The highest BCUT2D eigenvalue weighted by molar-refractivity contribution is 5.77. The summed E-state index contributed by atoms with van der Waals surface area (Å²) in [7, 11) is 0. The number of fused-ring (bicyclic) bond motifs is 1. The van der Waals surface area contributed by atoms with E-state index in [1.54, 1.807) is 29.2 Å². The molecule has 1 N–H and O–H groups in total. The van der Waals surface area contributed by atoms with Gasteiger partial charge < -0.3 is 9.88 Å². The van der Waals surface area contributed by atoms with E-state index in [-0.39, 0.29) is 17.8 Å². The van der Waals surface area contributed by atoms with Crippen molar-refractivity contribution in [1.29, 1.82) is 0 Å². The van der Waals surface area contributed by atoms with E-state index in [1.807, 2.05) is 6.92 Å². The zero-order valence-corrected chi connectivity index (χ0v) is 12.9. The summed E-state index contributed by atoms with van der Waals surface area (Å²) in [6.07, 6.45) is -1.56. The van der Waals surface area contributed by atoms with Crippen molar-refractivity contribution >= 4 is 16.7 Å². The van der Waals surface area contributed by atoms with Gasteiger partial charge in [0.15, 0.2) is 0 Å². The predicted molar refractivity (Wildman–Crippen MR) is 86.1 cm³/mol. The third-order valence-electron chi connectivity index (χ3n) is 3.61. The highest BCUT2D eigenvalue weighted by atomic mass is 19.3. The third kappa shape index (κ3) is 3.22. The number of benzene rings is 1. The summed E-state index contributed by atoms with van der Waals surface area (Å²) in [5.41, 5.74) is 0.0179. The van der Waals surface area contributed by atoms with Crippen LogP contribution in [0.25, 0.3) is 10.9 Å². The minimum absolute atomic E-state index is 0.234. The Hall–Kier alpha value is -2.90. The fourth-order valence-electron chi connectivity index (χ4n) is 2.40. The van der Waals surface area contributed by atoms with Gasteiger partial charge in [-0.05, 0) is 19.1 Å². The van der Waals surface area contributed by atoms with Crippen LogP contribution >= 0.6 is 0 Å². The van der Waals surface area contributed by atoms with Gasteiger partial charge in [-0.3, -0.25) is 4.79 Å². The standard InChI is InChI=1S/C16H15F2N5O/c1-2-23(14-7-12(15(17)18)19-9-20-14)8-13-21-11-6-4-3-5-10(11)16(24)22-13/h3-7,9,15H,2,8H2,1H3,(H,21,22,24). The summed E-state index contributed by atoms with van der Waals surface area (Å²) in [4.78, 5) is 28.6. The fourth-order valence-corrected chi connectivity index (χ4v) is 2.40. The first-order valence-electron chi connectivity index (χ1n) is 7.41. The van der Waals surface area contributed by atoms with E-state index in [9.17, 15) is 13.6 Å². The largest absolute Gasteiger partial charge is 0.349 e. The van der Waals surface area contributed by atoms with E-state index in [0.29, 0.717) is 29.1 Å². The molecule has 0 fully saturated rings. The van der Waals surface area contributed by atoms with E-state index in [1.165, 1.54) is 6.07 Å². The molecule has 6 nitrogen and oxygen atoms in total. The molecule has 0 spiro atoms. The van der Waals surface area contributed by atoms with E-state index < -0.39 is 6.43 Å². The molecule has 3 rings (SSSR count). The van der Waals surface area contributed by atoms with Crippen LogP contribution in [0.1, 0.15) is 24.9 Å². The zero-order chi connectivity index (χ0) is 17.1. The molecular formula is C16H15F2N5O. The van der Waals surface area contributed by atoms with Crippen LogP contribution < -0.4 is 10.5 Å². The van der Waals surface area contributed by atoms with Gasteiger partial charge in [-0.2, -0.15) is 0 Å². The Kier molecular flexibility index (Phi) is 4.45. The molecule has 24 heavy (non-hydrogen) atoms. The molecule has 0 saturated heterocycles. The van der Waals surface area contributed by atoms with Crippen molar-refractivity contribution in [1.82, 2.24) is 19.9 Å². The monoisotopic (exact) mass is 331 g/mol. The summed E-state index contributed by atoms with van der Waals surface area (Å²) < 4.78 is 25.6. The molecular weight excluding hydrogens is 316 g/mol. The minimum atomic E-state index is -2.66. The number of anilines is 1. The van der Waals surface area contributed by atoms with Gasteiger partial charge in [0, 0.05) is 12.6 Å². The smallest absolute Gasteiger partial charge is 0.280 e. The first-order chi connectivity index (χ1) is 11.6. The van der Waals surface area contributed by atoms with Crippen LogP contribution in [0.4, 0.5) is 14.6 Å². The first-order valence-corrected chi connectivity index (χ1v) is 7.41. The van der Waals surface area contributed by atoms with Crippen LogP contribution in [0.15, 0.2) is 41.5 Å². The quantitative estimate of drug-likeness (QED) is 0.778. The van der Waals surface area contributed by atoms with Gasteiger partial charge in [0.1, 0.15) is 23.7 Å². The molecule has 0 amide bonds. The number of rotatable bonds is 5. The second kappa shape index (κ2) is 6.69. The average molecular weight is 331 g/mol. The fraction of sp³-hybridized carbons (Fsp3) is 0.250. The van der Waals surface area contributed by atoms with Gasteiger partial charge in [-0.15, -0.1) is 0 Å². The number of nitrogens with zero attached hydrogens (tertiary/aromatic N) is 4. The molecule has 0 saturated carbocycles. The molecule has 2 heterocycles. The van der Waals surface area contributed by atoms with E-state index in [0.717, 1.165) is 6.33 Å². The molecule has 0 aliphatic heterocycles. The number of nitrogens with one attached hydrogen (secondary N) is 1. The Labute approximate surface area is 136 Å². The predicted octanol–water partition coefficient (Wildman–Crippen LogP) is 2.68. The van der Waals surface area contributed by atoms with E-state index in [4.69, 9.17) is 0 Å². The molecule has 3 aromatic rings. The SMILES string of the molecule is CCN(Cc1nc2ccccc2c(=O)[nH]1)c1cc(C(F)F)ncn1. The number of hydrogen-bond donors (Lipinski definition) is 1. The summed E-state index contributed by atoms with van der Waals surface area (Å²) in [5.74, 6) is 0.802. The van der Waals surface area contributed by atoms with Gasteiger partial charge >= 0.3 is 0 Å². The highest BCUT2D eigenvalue weighted by Gasteiger charge is 2.14. The van der Waals surface area contributed by atoms with Crippen LogP contribution in [0.3, 0.4) is 0 Å². The number of hydrogen-bond acceptors (Lipinski definition) is 5. The number of aromatic nitrogens is 4. The number of para-hydroxylation sites is 1. The Morgan fingerprint density at radius 2 is 2.04 bits per heavy atom. The molecule has 0 radical (unpaired) electrons. The summed E-state index contributed by atoms with van der Waals surface area (Å²) in [5, 5.41) is 0.506. The molecule has 0 atom stereocenters. The molecule has 2 aromatic heterocycles. The molecule has 0 aliphatic rings. The number of halogens is 2. The third-order valence-corrected chi connectivity index (χ3v) is 3.61. The zero-order valence-electron chi connectivity index (χ0n) is 12.9. The maximum atomic E-state index is 12.8. The van der Waals surface area contributed by atoms with Gasteiger partial charge in [0.2, 0.25) is 0 Å². The minimum Gasteiger partial charge on any atom is -0.349 e. The molecule has 8 heteroatoms. The van der Waals surface area contributed by atoms with Crippen LogP contribution in [-0.2, 0) is 6.54 Å². The van der Waals surface area contributed by atoms with Crippen LogP contribution in [0.5, 0.6) is 0 Å². The lowest BCUT2D eigenvalue weighted by atomic mass is 10.2. The van der Waals surface area contributed by atoms with Crippen LogP contribution in [0.2, 0.25) is 0 Å². The summed E-state index contributed by atoms with van der Waals surface area (Å²) in [6, 6.07) is 8.26. The Morgan fingerprint density at radius 3 is 2.79 bits per heavy atom. The Morgan fingerprint density at radius 1 is 1.25 bits per heavy atom. The van der Waals surface area contributed by atoms with Gasteiger partial charge in [-0.25, -0.2) is 23.7 Å². The van der Waals surface area contributed by atoms with Crippen LogP contribution in [-0.4, -0.2) is 26.5 Å². The van der Waals surface area contributed by atoms with Crippen molar-refractivity contribution in [2.75, 3.05) is 11.4 Å². The lowest BCUT2D eigenvalue weighted by Gasteiger charge is -2.21. The van der Waals surface area contributed by atoms with Crippen molar-refractivity contribution < 1.29 is 8.78 Å². The van der Waals surface area contributed by atoms with Gasteiger partial charge in [-0.1, -0.05) is 12.1 Å². The molecule has 124 valence electrons. The van der Waals surface area contributed by atoms with Crippen molar-refractivity contribution in [2.45, 2.75) is 19.9 Å². The van der Waals surface area contributed by atoms with Gasteiger partial charge in [0.05, 0.1) is 17.4 Å². The van der Waals surface area contributed by atoms with Crippen LogP contribution in [0, 0.1) is 0 Å². The lowest BCUT2D eigenvalue weighted by molar-refractivity contribution is 0.146. The number of aromatic amines is 1.